The summed E-state index contributed by atoms with van der Waals surface area (Å²) in [7, 11) is 0. The summed E-state index contributed by atoms with van der Waals surface area (Å²) in [5.74, 6) is 0.787. The second kappa shape index (κ2) is 9.47. The monoisotopic (exact) mass is 427 g/mol. The predicted molar refractivity (Wildman–Crippen MR) is 115 cm³/mol. The molecule has 4 rings (SSSR count). The summed E-state index contributed by atoms with van der Waals surface area (Å²) in [6.07, 6.45) is 1.64. The van der Waals surface area contributed by atoms with Crippen molar-refractivity contribution in [3.05, 3.63) is 64.9 Å². The maximum absolute atomic E-state index is 13.2. The highest BCUT2D eigenvalue weighted by Crippen LogP contribution is 2.19. The zero-order valence-electron chi connectivity index (χ0n) is 15.9. The van der Waals surface area contributed by atoms with Crippen LogP contribution in [0.5, 0.6) is 0 Å². The van der Waals surface area contributed by atoms with E-state index in [0.29, 0.717) is 48.9 Å². The van der Waals surface area contributed by atoms with Gasteiger partial charge in [-0.25, -0.2) is 9.82 Å². The van der Waals surface area contributed by atoms with Crippen LogP contribution in [0.15, 0.2) is 53.6 Å². The van der Waals surface area contributed by atoms with Gasteiger partial charge >= 0.3 is 0 Å². The van der Waals surface area contributed by atoms with Crippen molar-refractivity contribution in [2.24, 2.45) is 5.10 Å². The highest BCUT2D eigenvalue weighted by atomic mass is 35.5. The van der Waals surface area contributed by atoms with Crippen molar-refractivity contribution in [3.8, 4) is 0 Å². The molecular formula is C20H19ClFN7O. The van der Waals surface area contributed by atoms with Crippen LogP contribution in [0.1, 0.15) is 5.56 Å². The first kappa shape index (κ1) is 20.0. The van der Waals surface area contributed by atoms with E-state index in [0.717, 1.165) is 5.56 Å². The number of anilines is 4. The molecular weight excluding hydrogens is 409 g/mol. The van der Waals surface area contributed by atoms with Crippen molar-refractivity contribution in [2.75, 3.05) is 41.9 Å². The van der Waals surface area contributed by atoms with Gasteiger partial charge in [-0.3, -0.25) is 0 Å². The van der Waals surface area contributed by atoms with E-state index < -0.39 is 0 Å². The van der Waals surface area contributed by atoms with Crippen LogP contribution in [-0.4, -0.2) is 47.5 Å². The average molecular weight is 428 g/mol. The average Bonchev–Trinajstić information content (AvgIpc) is 2.77. The molecule has 2 aromatic carbocycles. The summed E-state index contributed by atoms with van der Waals surface area (Å²) in [4.78, 5) is 15.3. The predicted octanol–water partition coefficient (Wildman–Crippen LogP) is 3.69. The molecule has 0 bridgehead atoms. The molecule has 1 aliphatic rings. The minimum absolute atomic E-state index is 0.279. The Morgan fingerprint density at radius 2 is 1.67 bits per heavy atom. The SMILES string of the molecule is Fc1ccc(Nc2nc(N/N=C\c3ccc(Cl)cc3)nc(N3CCOCC3)n2)cc1. The fourth-order valence-corrected chi connectivity index (χ4v) is 2.88. The van der Waals surface area contributed by atoms with E-state index in [1.807, 2.05) is 17.0 Å². The summed E-state index contributed by atoms with van der Waals surface area (Å²) >= 11 is 5.90. The first-order valence-electron chi connectivity index (χ1n) is 9.32. The molecule has 2 heterocycles. The van der Waals surface area contributed by atoms with Gasteiger partial charge in [0.25, 0.3) is 0 Å². The number of halogens is 2. The van der Waals surface area contributed by atoms with Gasteiger partial charge in [0.2, 0.25) is 17.8 Å². The number of morpholine rings is 1. The third kappa shape index (κ3) is 5.40. The van der Waals surface area contributed by atoms with Crippen LogP contribution in [0, 0.1) is 5.82 Å². The van der Waals surface area contributed by atoms with Crippen molar-refractivity contribution < 1.29 is 9.13 Å². The molecule has 30 heavy (non-hydrogen) atoms. The van der Waals surface area contributed by atoms with Gasteiger partial charge in [-0.15, -0.1) is 0 Å². The van der Waals surface area contributed by atoms with Crippen LogP contribution in [-0.2, 0) is 4.74 Å². The summed E-state index contributed by atoms with van der Waals surface area (Å²) in [5.41, 5.74) is 4.37. The third-order valence-electron chi connectivity index (χ3n) is 4.27. The molecule has 2 N–H and O–H groups in total. The number of rotatable bonds is 6. The standard InChI is InChI=1S/C20H19ClFN7O/c21-15-3-1-14(2-4-15)13-23-28-19-25-18(24-17-7-5-16(22)6-8-17)26-20(27-19)29-9-11-30-12-10-29/h1-8,13H,9-12H2,(H2,24,25,26,27,28)/b23-13-. The highest BCUT2D eigenvalue weighted by Gasteiger charge is 2.16. The maximum Gasteiger partial charge on any atom is 0.250 e. The molecule has 0 unspecified atom stereocenters. The molecule has 1 saturated heterocycles. The van der Waals surface area contributed by atoms with Gasteiger partial charge in [0, 0.05) is 23.8 Å². The van der Waals surface area contributed by atoms with E-state index >= 15 is 0 Å². The van der Waals surface area contributed by atoms with Crippen LogP contribution in [0.25, 0.3) is 0 Å². The Morgan fingerprint density at radius 3 is 2.40 bits per heavy atom. The van der Waals surface area contributed by atoms with Crippen LogP contribution >= 0.6 is 11.6 Å². The Bertz CT molecular complexity index is 1010. The van der Waals surface area contributed by atoms with Crippen LogP contribution in [0.3, 0.4) is 0 Å². The second-order valence-corrected chi connectivity index (χ2v) is 6.87. The molecule has 1 aromatic heterocycles. The highest BCUT2D eigenvalue weighted by molar-refractivity contribution is 6.30. The van der Waals surface area contributed by atoms with Crippen molar-refractivity contribution in [2.45, 2.75) is 0 Å². The largest absolute Gasteiger partial charge is 0.378 e. The molecule has 10 heteroatoms. The van der Waals surface area contributed by atoms with E-state index in [2.05, 4.69) is 30.8 Å². The van der Waals surface area contributed by atoms with Gasteiger partial charge in [0.05, 0.1) is 19.4 Å². The number of ether oxygens (including phenoxy) is 1. The lowest BCUT2D eigenvalue weighted by Crippen LogP contribution is -2.37. The molecule has 0 spiro atoms. The van der Waals surface area contributed by atoms with E-state index in [9.17, 15) is 4.39 Å². The quantitative estimate of drug-likeness (QED) is 0.458. The topological polar surface area (TPSA) is 87.6 Å². The molecule has 1 fully saturated rings. The number of hydrazone groups is 1. The van der Waals surface area contributed by atoms with Gasteiger partial charge in [0.15, 0.2) is 0 Å². The van der Waals surface area contributed by atoms with Gasteiger partial charge in [-0.2, -0.15) is 20.1 Å². The Labute approximate surface area is 177 Å². The molecule has 154 valence electrons. The third-order valence-corrected chi connectivity index (χ3v) is 4.52. The first-order chi connectivity index (χ1) is 14.7. The van der Waals surface area contributed by atoms with Crippen molar-refractivity contribution in [3.63, 3.8) is 0 Å². The van der Waals surface area contributed by atoms with Gasteiger partial charge in [0.1, 0.15) is 5.82 Å². The minimum Gasteiger partial charge on any atom is -0.378 e. The van der Waals surface area contributed by atoms with Crippen LogP contribution in [0.4, 0.5) is 27.9 Å². The number of hydrogen-bond acceptors (Lipinski definition) is 8. The number of nitrogens with zero attached hydrogens (tertiary/aromatic N) is 5. The summed E-state index contributed by atoms with van der Waals surface area (Å²) in [6.45, 7) is 2.55. The van der Waals surface area contributed by atoms with Gasteiger partial charge < -0.3 is 15.0 Å². The molecule has 3 aromatic rings. The lowest BCUT2D eigenvalue weighted by Gasteiger charge is -2.27. The zero-order valence-corrected chi connectivity index (χ0v) is 16.7. The fraction of sp³-hybridized carbons (Fsp3) is 0.200. The smallest absolute Gasteiger partial charge is 0.250 e. The first-order valence-corrected chi connectivity index (χ1v) is 9.69. The summed E-state index contributed by atoms with van der Waals surface area (Å²) in [5, 5.41) is 7.92. The van der Waals surface area contributed by atoms with E-state index in [1.54, 1.807) is 30.5 Å². The van der Waals surface area contributed by atoms with Crippen LogP contribution in [0.2, 0.25) is 5.02 Å². The maximum atomic E-state index is 13.2. The van der Waals surface area contributed by atoms with Crippen LogP contribution < -0.4 is 15.6 Å². The Morgan fingerprint density at radius 1 is 0.967 bits per heavy atom. The normalized spacial score (nSPS) is 14.1. The Hall–Kier alpha value is -3.30. The van der Waals surface area contributed by atoms with Gasteiger partial charge in [-0.05, 0) is 42.0 Å². The number of nitrogens with one attached hydrogen (secondary N) is 2. The molecule has 1 aliphatic heterocycles. The van der Waals surface area contributed by atoms with E-state index in [-0.39, 0.29) is 11.8 Å². The molecule has 0 aliphatic carbocycles. The molecule has 8 nitrogen and oxygen atoms in total. The molecule has 0 amide bonds. The van der Waals surface area contributed by atoms with Crippen molar-refractivity contribution >= 4 is 41.3 Å². The van der Waals surface area contributed by atoms with Crippen molar-refractivity contribution in [1.29, 1.82) is 0 Å². The second-order valence-electron chi connectivity index (χ2n) is 6.44. The van der Waals surface area contributed by atoms with Gasteiger partial charge in [-0.1, -0.05) is 23.7 Å². The van der Waals surface area contributed by atoms with Crippen molar-refractivity contribution in [1.82, 2.24) is 15.0 Å². The summed E-state index contributed by atoms with van der Waals surface area (Å²) < 4.78 is 18.6. The lowest BCUT2D eigenvalue weighted by atomic mass is 10.2. The molecule has 0 radical (unpaired) electrons. The fourth-order valence-electron chi connectivity index (χ4n) is 2.75. The number of hydrogen-bond donors (Lipinski definition) is 2. The van der Waals surface area contributed by atoms with E-state index in [1.165, 1.54) is 12.1 Å². The molecule has 0 atom stereocenters. The Balaban J connectivity index is 1.55. The number of benzene rings is 2. The summed E-state index contributed by atoms with van der Waals surface area (Å²) in [6, 6.07) is 13.2. The van der Waals surface area contributed by atoms with E-state index in [4.69, 9.17) is 16.3 Å². The minimum atomic E-state index is -0.316. The number of aromatic nitrogens is 3. The zero-order chi connectivity index (χ0) is 20.8. The lowest BCUT2D eigenvalue weighted by molar-refractivity contribution is 0.122. The molecule has 0 saturated carbocycles. The Kier molecular flexibility index (Phi) is 6.31.